The fraction of sp³-hybridized carbons (Fsp3) is 0.412. The van der Waals surface area contributed by atoms with Crippen LogP contribution in [-0.2, 0) is 16.8 Å². The first-order valence-corrected chi connectivity index (χ1v) is 8.32. The zero-order valence-corrected chi connectivity index (χ0v) is 15.8. The van der Waals surface area contributed by atoms with Crippen LogP contribution in [0.2, 0.25) is 0 Å². The quantitative estimate of drug-likeness (QED) is 0.837. The van der Waals surface area contributed by atoms with E-state index in [0.29, 0.717) is 11.0 Å². The van der Waals surface area contributed by atoms with E-state index < -0.39 is 5.82 Å². The predicted molar refractivity (Wildman–Crippen MR) is 93.4 cm³/mol. The number of likely N-dealkylation sites (N-methyl/N-ethyl adjacent to an activating group) is 1. The fourth-order valence-corrected chi connectivity index (χ4v) is 2.35. The SMILES string of the molecule is CN(Cc1cc(C(C)(C)C)n[nH]1)C(=O)COc1ccc(Br)cc1F. The molecule has 0 aliphatic carbocycles. The zero-order valence-electron chi connectivity index (χ0n) is 14.2. The minimum atomic E-state index is -0.511. The molecular formula is C17H21BrFN3O2. The molecule has 0 saturated carbocycles. The van der Waals surface area contributed by atoms with Gasteiger partial charge in [-0.25, -0.2) is 4.39 Å². The molecule has 24 heavy (non-hydrogen) atoms. The van der Waals surface area contributed by atoms with Gasteiger partial charge in [-0.15, -0.1) is 0 Å². The van der Waals surface area contributed by atoms with Gasteiger partial charge in [0.25, 0.3) is 5.91 Å². The van der Waals surface area contributed by atoms with Crippen LogP contribution < -0.4 is 4.74 Å². The number of nitrogens with zero attached hydrogens (tertiary/aromatic N) is 2. The Morgan fingerprint density at radius 3 is 2.67 bits per heavy atom. The second-order valence-electron chi connectivity index (χ2n) is 6.64. The summed E-state index contributed by atoms with van der Waals surface area (Å²) in [6.45, 7) is 6.37. The highest BCUT2D eigenvalue weighted by molar-refractivity contribution is 9.10. The Kier molecular flexibility index (Phi) is 5.64. The molecule has 1 aromatic heterocycles. The third-order valence-corrected chi connectivity index (χ3v) is 3.97. The molecule has 1 heterocycles. The highest BCUT2D eigenvalue weighted by Gasteiger charge is 2.19. The molecule has 0 radical (unpaired) electrons. The molecule has 0 saturated heterocycles. The lowest BCUT2D eigenvalue weighted by atomic mass is 9.92. The number of hydrogen-bond acceptors (Lipinski definition) is 3. The lowest BCUT2D eigenvalue weighted by Gasteiger charge is -2.17. The number of H-pyrrole nitrogens is 1. The van der Waals surface area contributed by atoms with Crippen molar-refractivity contribution in [1.29, 1.82) is 0 Å². The van der Waals surface area contributed by atoms with Crippen molar-refractivity contribution in [2.24, 2.45) is 0 Å². The van der Waals surface area contributed by atoms with Gasteiger partial charge in [-0.2, -0.15) is 5.10 Å². The largest absolute Gasteiger partial charge is 0.481 e. The number of aromatic nitrogens is 2. The van der Waals surface area contributed by atoms with Crippen molar-refractivity contribution < 1.29 is 13.9 Å². The van der Waals surface area contributed by atoms with Gasteiger partial charge in [-0.1, -0.05) is 36.7 Å². The highest BCUT2D eigenvalue weighted by atomic mass is 79.9. The molecule has 1 aromatic carbocycles. The molecule has 0 spiro atoms. The van der Waals surface area contributed by atoms with E-state index >= 15 is 0 Å². The number of halogens is 2. The predicted octanol–water partition coefficient (Wildman–Crippen LogP) is 3.65. The lowest BCUT2D eigenvalue weighted by Crippen LogP contribution is -2.31. The van der Waals surface area contributed by atoms with Crippen molar-refractivity contribution in [2.45, 2.75) is 32.7 Å². The van der Waals surface area contributed by atoms with Crippen LogP contribution in [0.5, 0.6) is 5.75 Å². The van der Waals surface area contributed by atoms with E-state index in [2.05, 4.69) is 46.9 Å². The summed E-state index contributed by atoms with van der Waals surface area (Å²) in [4.78, 5) is 13.6. The monoisotopic (exact) mass is 397 g/mol. The van der Waals surface area contributed by atoms with E-state index in [4.69, 9.17) is 4.74 Å². The molecule has 0 aliphatic rings. The average molecular weight is 398 g/mol. The molecule has 1 N–H and O–H groups in total. The maximum absolute atomic E-state index is 13.7. The summed E-state index contributed by atoms with van der Waals surface area (Å²) in [5, 5.41) is 7.20. The maximum Gasteiger partial charge on any atom is 0.260 e. The van der Waals surface area contributed by atoms with Crippen LogP contribution in [-0.4, -0.2) is 34.7 Å². The number of ether oxygens (including phenoxy) is 1. The van der Waals surface area contributed by atoms with Crippen molar-refractivity contribution in [3.8, 4) is 5.75 Å². The maximum atomic E-state index is 13.7. The van der Waals surface area contributed by atoms with E-state index in [1.165, 1.54) is 17.0 Å². The first kappa shape index (κ1) is 18.4. The Morgan fingerprint density at radius 1 is 1.38 bits per heavy atom. The van der Waals surface area contributed by atoms with Gasteiger partial charge in [-0.3, -0.25) is 9.89 Å². The van der Waals surface area contributed by atoms with Gasteiger partial charge in [0.05, 0.1) is 17.9 Å². The summed E-state index contributed by atoms with van der Waals surface area (Å²) < 4.78 is 19.5. The number of benzene rings is 1. The van der Waals surface area contributed by atoms with Gasteiger partial charge in [0, 0.05) is 16.9 Å². The number of amides is 1. The highest BCUT2D eigenvalue weighted by Crippen LogP contribution is 2.22. The number of carbonyl (C=O) groups excluding carboxylic acids is 1. The molecule has 2 rings (SSSR count). The number of carbonyl (C=O) groups is 1. The van der Waals surface area contributed by atoms with Crippen LogP contribution in [0.3, 0.4) is 0 Å². The van der Waals surface area contributed by atoms with Crippen LogP contribution in [0, 0.1) is 5.82 Å². The Hall–Kier alpha value is -1.89. The summed E-state index contributed by atoms with van der Waals surface area (Å²) in [5.41, 5.74) is 1.72. The van der Waals surface area contributed by atoms with Gasteiger partial charge in [-0.05, 0) is 24.3 Å². The standard InChI is InChI=1S/C17H21BrFN3O2/c1-17(2,3)15-8-12(20-21-15)9-22(4)16(23)10-24-14-6-5-11(18)7-13(14)19/h5-8H,9-10H2,1-4H3,(H,20,21). The van der Waals surface area contributed by atoms with Crippen molar-refractivity contribution in [2.75, 3.05) is 13.7 Å². The van der Waals surface area contributed by atoms with Crippen LogP contribution in [0.1, 0.15) is 32.2 Å². The summed E-state index contributed by atoms with van der Waals surface area (Å²) in [7, 11) is 1.67. The summed E-state index contributed by atoms with van der Waals surface area (Å²) in [6.07, 6.45) is 0. The number of nitrogens with one attached hydrogen (secondary N) is 1. The van der Waals surface area contributed by atoms with E-state index in [1.807, 2.05) is 6.07 Å². The Balaban J connectivity index is 1.91. The van der Waals surface area contributed by atoms with E-state index in [9.17, 15) is 9.18 Å². The molecule has 2 aromatic rings. The molecule has 0 aliphatic heterocycles. The fourth-order valence-electron chi connectivity index (χ4n) is 2.01. The topological polar surface area (TPSA) is 58.2 Å². The van der Waals surface area contributed by atoms with Crippen molar-refractivity contribution in [1.82, 2.24) is 15.1 Å². The van der Waals surface area contributed by atoms with Crippen LogP contribution in [0.15, 0.2) is 28.7 Å². The number of aromatic amines is 1. The zero-order chi connectivity index (χ0) is 17.9. The first-order valence-electron chi connectivity index (χ1n) is 7.53. The molecule has 0 bridgehead atoms. The van der Waals surface area contributed by atoms with Crippen molar-refractivity contribution in [3.05, 3.63) is 45.9 Å². The Bertz CT molecular complexity index is 725. The number of rotatable bonds is 5. The molecule has 7 heteroatoms. The molecule has 5 nitrogen and oxygen atoms in total. The number of hydrogen-bond donors (Lipinski definition) is 1. The molecule has 0 unspecified atom stereocenters. The second kappa shape index (κ2) is 7.34. The van der Waals surface area contributed by atoms with E-state index in [0.717, 1.165) is 11.4 Å². The first-order chi connectivity index (χ1) is 11.2. The molecule has 130 valence electrons. The molecule has 0 fully saturated rings. The van der Waals surface area contributed by atoms with Crippen molar-refractivity contribution in [3.63, 3.8) is 0 Å². The third kappa shape index (κ3) is 4.80. The molecule has 1 amide bonds. The third-order valence-electron chi connectivity index (χ3n) is 3.48. The normalized spacial score (nSPS) is 11.4. The van der Waals surface area contributed by atoms with Gasteiger partial charge < -0.3 is 9.64 Å². The summed E-state index contributed by atoms with van der Waals surface area (Å²) >= 11 is 3.17. The summed E-state index contributed by atoms with van der Waals surface area (Å²) in [6, 6.07) is 6.38. The Morgan fingerprint density at radius 2 is 2.08 bits per heavy atom. The smallest absolute Gasteiger partial charge is 0.260 e. The van der Waals surface area contributed by atoms with Gasteiger partial charge in [0.2, 0.25) is 0 Å². The average Bonchev–Trinajstić information content (AvgIpc) is 2.94. The van der Waals surface area contributed by atoms with Gasteiger partial charge in [0.15, 0.2) is 18.2 Å². The van der Waals surface area contributed by atoms with Crippen LogP contribution in [0.4, 0.5) is 4.39 Å². The summed E-state index contributed by atoms with van der Waals surface area (Å²) in [5.74, 6) is -0.705. The Labute approximate surface area is 149 Å². The molecular weight excluding hydrogens is 377 g/mol. The van der Waals surface area contributed by atoms with E-state index in [-0.39, 0.29) is 23.7 Å². The van der Waals surface area contributed by atoms with Gasteiger partial charge in [0.1, 0.15) is 0 Å². The van der Waals surface area contributed by atoms with Crippen LogP contribution in [0.25, 0.3) is 0 Å². The minimum Gasteiger partial charge on any atom is -0.481 e. The van der Waals surface area contributed by atoms with E-state index in [1.54, 1.807) is 13.1 Å². The molecule has 0 atom stereocenters. The van der Waals surface area contributed by atoms with Gasteiger partial charge >= 0.3 is 0 Å². The lowest BCUT2D eigenvalue weighted by molar-refractivity contribution is -0.132. The van der Waals surface area contributed by atoms with Crippen molar-refractivity contribution >= 4 is 21.8 Å². The van der Waals surface area contributed by atoms with Crippen LogP contribution >= 0.6 is 15.9 Å². The minimum absolute atomic E-state index is 0.0523. The second-order valence-corrected chi connectivity index (χ2v) is 7.56.